The molecule has 0 saturated heterocycles. The van der Waals surface area contributed by atoms with E-state index in [4.69, 9.17) is 14.9 Å². The van der Waals surface area contributed by atoms with Gasteiger partial charge in [0.15, 0.2) is 11.4 Å². The molecule has 0 aliphatic heterocycles. The lowest BCUT2D eigenvalue weighted by molar-refractivity contribution is 0.644. The van der Waals surface area contributed by atoms with Crippen molar-refractivity contribution in [3.8, 4) is 0 Å². The zero-order valence-electron chi connectivity index (χ0n) is 12.4. The SMILES string of the molecule is CC(C)c1nc2oc3c(N=[N+]=[N-])ncnc3c2c2c1CCC2. The highest BCUT2D eigenvalue weighted by molar-refractivity contribution is 6.06. The zero-order chi connectivity index (χ0) is 15.3. The van der Waals surface area contributed by atoms with Gasteiger partial charge in [-0.15, -0.1) is 0 Å². The van der Waals surface area contributed by atoms with Crippen LogP contribution in [0.5, 0.6) is 0 Å². The standard InChI is InChI=1S/C15H14N6O/c1-7(2)11-9-5-3-4-8(9)10-12-13(22-15(10)19-11)14(20-21-16)18-6-17-12/h6-7H,3-5H2,1-2H3. The first-order chi connectivity index (χ1) is 10.7. The van der Waals surface area contributed by atoms with Gasteiger partial charge in [-0.3, -0.25) is 0 Å². The van der Waals surface area contributed by atoms with Crippen molar-refractivity contribution in [2.45, 2.75) is 39.0 Å². The third kappa shape index (κ3) is 1.69. The van der Waals surface area contributed by atoms with Crippen molar-refractivity contribution in [3.63, 3.8) is 0 Å². The molecule has 3 aromatic rings. The summed E-state index contributed by atoms with van der Waals surface area (Å²) in [5.74, 6) is 0.551. The Morgan fingerprint density at radius 3 is 2.86 bits per heavy atom. The number of fused-ring (bicyclic) bond motifs is 5. The van der Waals surface area contributed by atoms with Crippen LogP contribution in [0.25, 0.3) is 32.6 Å². The predicted molar refractivity (Wildman–Crippen MR) is 82.0 cm³/mol. The Bertz CT molecular complexity index is 952. The lowest BCUT2D eigenvalue weighted by Crippen LogP contribution is -2.00. The number of hydrogen-bond acceptors (Lipinski definition) is 5. The number of rotatable bonds is 2. The highest BCUT2D eigenvalue weighted by atomic mass is 16.3. The van der Waals surface area contributed by atoms with Gasteiger partial charge in [0.25, 0.3) is 0 Å². The van der Waals surface area contributed by atoms with Gasteiger partial charge in [0.2, 0.25) is 5.71 Å². The summed E-state index contributed by atoms with van der Waals surface area (Å²) in [5.41, 5.74) is 14.0. The molecule has 0 bridgehead atoms. The van der Waals surface area contributed by atoms with Crippen LogP contribution < -0.4 is 0 Å². The van der Waals surface area contributed by atoms with Crippen LogP contribution >= 0.6 is 0 Å². The summed E-state index contributed by atoms with van der Waals surface area (Å²) in [6.07, 6.45) is 4.58. The molecule has 0 saturated carbocycles. The molecule has 0 atom stereocenters. The van der Waals surface area contributed by atoms with Crippen LogP contribution in [0.1, 0.15) is 43.0 Å². The van der Waals surface area contributed by atoms with Crippen LogP contribution in [0.4, 0.5) is 5.82 Å². The Kier molecular flexibility index (Phi) is 2.77. The van der Waals surface area contributed by atoms with E-state index in [9.17, 15) is 0 Å². The lowest BCUT2D eigenvalue weighted by atomic mass is 9.99. The quantitative estimate of drug-likeness (QED) is 0.399. The van der Waals surface area contributed by atoms with Crippen molar-refractivity contribution in [3.05, 3.63) is 33.6 Å². The highest BCUT2D eigenvalue weighted by Crippen LogP contribution is 2.39. The molecule has 22 heavy (non-hydrogen) atoms. The maximum Gasteiger partial charge on any atom is 0.229 e. The number of hydrogen-bond donors (Lipinski definition) is 0. The molecule has 4 rings (SSSR count). The van der Waals surface area contributed by atoms with Crippen molar-refractivity contribution in [2.75, 3.05) is 0 Å². The van der Waals surface area contributed by atoms with E-state index < -0.39 is 0 Å². The van der Waals surface area contributed by atoms with E-state index in [0.29, 0.717) is 22.7 Å². The van der Waals surface area contributed by atoms with Crippen LogP contribution in [0, 0.1) is 0 Å². The van der Waals surface area contributed by atoms with Gasteiger partial charge in [-0.1, -0.05) is 13.8 Å². The van der Waals surface area contributed by atoms with Gasteiger partial charge in [0, 0.05) is 4.91 Å². The molecule has 0 amide bonds. The van der Waals surface area contributed by atoms with Crippen molar-refractivity contribution in [1.82, 2.24) is 15.0 Å². The third-order valence-electron chi connectivity index (χ3n) is 4.17. The predicted octanol–water partition coefficient (Wildman–Crippen LogP) is 4.32. The van der Waals surface area contributed by atoms with Crippen molar-refractivity contribution in [1.29, 1.82) is 0 Å². The minimum atomic E-state index is 0.211. The molecule has 3 heterocycles. The molecule has 0 N–H and O–H groups in total. The molecule has 1 aliphatic rings. The van der Waals surface area contributed by atoms with E-state index in [0.717, 1.165) is 30.3 Å². The molecule has 7 nitrogen and oxygen atoms in total. The Hall–Kier alpha value is -2.66. The second-order valence-corrected chi connectivity index (χ2v) is 5.81. The molecule has 0 aromatic carbocycles. The summed E-state index contributed by atoms with van der Waals surface area (Å²) in [5, 5.41) is 4.54. The van der Waals surface area contributed by atoms with Gasteiger partial charge in [0.1, 0.15) is 11.8 Å². The van der Waals surface area contributed by atoms with E-state index in [-0.39, 0.29) is 5.82 Å². The summed E-state index contributed by atoms with van der Waals surface area (Å²) >= 11 is 0. The second kappa shape index (κ2) is 4.68. The highest BCUT2D eigenvalue weighted by Gasteiger charge is 2.26. The van der Waals surface area contributed by atoms with Crippen molar-refractivity contribution >= 4 is 28.0 Å². The molecule has 0 radical (unpaired) electrons. The van der Waals surface area contributed by atoms with Gasteiger partial charge in [-0.05, 0) is 47.0 Å². The molecule has 0 unspecified atom stereocenters. The van der Waals surface area contributed by atoms with E-state index in [1.165, 1.54) is 17.5 Å². The number of aromatic nitrogens is 3. The first kappa shape index (κ1) is 13.0. The lowest BCUT2D eigenvalue weighted by Gasteiger charge is -2.10. The van der Waals surface area contributed by atoms with Crippen LogP contribution in [0.15, 0.2) is 15.9 Å². The number of aryl methyl sites for hydroxylation is 1. The molecular weight excluding hydrogens is 280 g/mol. The number of furan rings is 1. The fourth-order valence-corrected chi connectivity index (χ4v) is 3.31. The summed E-state index contributed by atoms with van der Waals surface area (Å²) in [6, 6.07) is 0. The first-order valence-electron chi connectivity index (χ1n) is 7.34. The fraction of sp³-hybridized carbons (Fsp3) is 0.400. The average molecular weight is 294 g/mol. The number of pyridine rings is 1. The maximum atomic E-state index is 8.67. The molecule has 0 spiro atoms. The third-order valence-corrected chi connectivity index (χ3v) is 4.17. The van der Waals surface area contributed by atoms with Gasteiger partial charge in [0.05, 0.1) is 11.1 Å². The van der Waals surface area contributed by atoms with Crippen molar-refractivity contribution in [2.24, 2.45) is 5.11 Å². The van der Waals surface area contributed by atoms with Crippen LogP contribution in [-0.2, 0) is 12.8 Å². The topological polar surface area (TPSA) is 101 Å². The monoisotopic (exact) mass is 294 g/mol. The first-order valence-corrected chi connectivity index (χ1v) is 7.34. The van der Waals surface area contributed by atoms with E-state index in [1.54, 1.807) is 0 Å². The Balaban J connectivity index is 2.17. The summed E-state index contributed by atoms with van der Waals surface area (Å²) in [7, 11) is 0. The zero-order valence-corrected chi connectivity index (χ0v) is 12.4. The molecule has 110 valence electrons. The van der Waals surface area contributed by atoms with Crippen LogP contribution in [0.2, 0.25) is 0 Å². The van der Waals surface area contributed by atoms with E-state index in [2.05, 4.69) is 33.8 Å². The van der Waals surface area contributed by atoms with Gasteiger partial charge in [-0.25, -0.2) is 15.0 Å². The number of azide groups is 1. The van der Waals surface area contributed by atoms with E-state index in [1.807, 2.05) is 0 Å². The fourth-order valence-electron chi connectivity index (χ4n) is 3.31. The summed E-state index contributed by atoms with van der Waals surface area (Å²) in [6.45, 7) is 4.28. The average Bonchev–Trinajstić information content (AvgIpc) is 3.10. The van der Waals surface area contributed by atoms with Gasteiger partial charge >= 0.3 is 0 Å². The van der Waals surface area contributed by atoms with Gasteiger partial charge in [-0.2, -0.15) is 0 Å². The molecule has 0 fully saturated rings. The summed E-state index contributed by atoms with van der Waals surface area (Å²) < 4.78 is 5.85. The van der Waals surface area contributed by atoms with Crippen LogP contribution in [-0.4, -0.2) is 15.0 Å². The second-order valence-electron chi connectivity index (χ2n) is 5.81. The smallest absolute Gasteiger partial charge is 0.229 e. The molecule has 7 heteroatoms. The maximum absolute atomic E-state index is 8.67. The molecular formula is C15H14N6O. The number of nitrogens with zero attached hydrogens (tertiary/aromatic N) is 6. The van der Waals surface area contributed by atoms with E-state index >= 15 is 0 Å². The van der Waals surface area contributed by atoms with Gasteiger partial charge < -0.3 is 4.42 Å². The Labute approximate surface area is 126 Å². The van der Waals surface area contributed by atoms with Crippen molar-refractivity contribution < 1.29 is 4.42 Å². The summed E-state index contributed by atoms with van der Waals surface area (Å²) in [4.78, 5) is 15.8. The minimum absolute atomic E-state index is 0.211. The minimum Gasteiger partial charge on any atom is -0.434 e. The van der Waals surface area contributed by atoms with Crippen LogP contribution in [0.3, 0.4) is 0 Å². The Morgan fingerprint density at radius 2 is 2.09 bits per heavy atom. The molecule has 3 aromatic heterocycles. The Morgan fingerprint density at radius 1 is 1.27 bits per heavy atom. The largest absolute Gasteiger partial charge is 0.434 e. The normalized spacial score (nSPS) is 13.8. The molecule has 1 aliphatic carbocycles.